The number of nitrogens with zero attached hydrogens (tertiary/aromatic N) is 5. The van der Waals surface area contributed by atoms with E-state index in [4.69, 9.17) is 5.11 Å². The minimum atomic E-state index is -1.17. The molecule has 0 saturated heterocycles. The van der Waals surface area contributed by atoms with E-state index in [2.05, 4.69) is 10.2 Å². The number of amides is 1. The molecule has 112 valence electrons. The van der Waals surface area contributed by atoms with Gasteiger partial charge in [-0.2, -0.15) is 10.2 Å². The van der Waals surface area contributed by atoms with Crippen LogP contribution in [0.3, 0.4) is 0 Å². The molecule has 2 heterocycles. The smallest absolute Gasteiger partial charge is 0.339 e. The van der Waals surface area contributed by atoms with Gasteiger partial charge < -0.3 is 10.0 Å². The molecule has 2 rings (SSSR count). The van der Waals surface area contributed by atoms with E-state index in [1.54, 1.807) is 25.0 Å². The summed E-state index contributed by atoms with van der Waals surface area (Å²) >= 11 is 0. The van der Waals surface area contributed by atoms with Gasteiger partial charge in [0.05, 0.1) is 18.4 Å². The molecule has 1 amide bonds. The molecule has 8 heteroatoms. The Balaban J connectivity index is 2.24. The topological polar surface area (TPSA) is 93.2 Å². The highest BCUT2D eigenvalue weighted by atomic mass is 16.4. The van der Waals surface area contributed by atoms with Crippen molar-refractivity contribution in [3.05, 3.63) is 35.4 Å². The van der Waals surface area contributed by atoms with Gasteiger partial charge in [-0.3, -0.25) is 14.2 Å². The number of carbonyl (C=O) groups is 2. The van der Waals surface area contributed by atoms with Gasteiger partial charge in [-0.1, -0.05) is 0 Å². The first kappa shape index (κ1) is 14.8. The van der Waals surface area contributed by atoms with Gasteiger partial charge in [0.1, 0.15) is 11.3 Å². The van der Waals surface area contributed by atoms with E-state index in [1.807, 2.05) is 13.0 Å². The van der Waals surface area contributed by atoms with Crippen molar-refractivity contribution in [1.82, 2.24) is 24.5 Å². The summed E-state index contributed by atoms with van der Waals surface area (Å²) in [6.07, 6.45) is 2.85. The molecule has 0 fully saturated rings. The number of aryl methyl sites for hydroxylation is 2. The normalized spacial score (nSPS) is 10.6. The molecule has 2 aromatic rings. The number of hydrogen-bond acceptors (Lipinski definition) is 4. The van der Waals surface area contributed by atoms with Gasteiger partial charge in [0.2, 0.25) is 0 Å². The van der Waals surface area contributed by atoms with E-state index in [1.165, 1.54) is 15.8 Å². The molecule has 0 saturated carbocycles. The van der Waals surface area contributed by atoms with Crippen molar-refractivity contribution >= 4 is 11.9 Å². The number of hydrogen-bond donors (Lipinski definition) is 1. The van der Waals surface area contributed by atoms with E-state index in [0.717, 1.165) is 5.69 Å². The molecule has 0 spiro atoms. The van der Waals surface area contributed by atoms with Gasteiger partial charge in [-0.25, -0.2) is 4.79 Å². The fraction of sp³-hybridized carbons (Fsp3) is 0.385. The number of carbonyl (C=O) groups excluding carboxylic acids is 1. The van der Waals surface area contributed by atoms with E-state index in [-0.39, 0.29) is 11.3 Å². The Morgan fingerprint density at radius 3 is 2.71 bits per heavy atom. The molecule has 0 radical (unpaired) electrons. The second-order valence-corrected chi connectivity index (χ2v) is 4.64. The second-order valence-electron chi connectivity index (χ2n) is 4.64. The van der Waals surface area contributed by atoms with Crippen molar-refractivity contribution in [1.29, 1.82) is 0 Å². The first-order chi connectivity index (χ1) is 9.95. The van der Waals surface area contributed by atoms with E-state index < -0.39 is 11.9 Å². The third-order valence-electron chi connectivity index (χ3n) is 3.22. The van der Waals surface area contributed by atoms with Crippen molar-refractivity contribution in [3.8, 4) is 0 Å². The van der Waals surface area contributed by atoms with Gasteiger partial charge in [0, 0.05) is 26.8 Å². The monoisotopic (exact) mass is 291 g/mol. The summed E-state index contributed by atoms with van der Waals surface area (Å²) in [5.41, 5.74) is 0.846. The van der Waals surface area contributed by atoms with Crippen LogP contribution in [0.25, 0.3) is 0 Å². The average Bonchev–Trinajstić information content (AvgIpc) is 3.04. The van der Waals surface area contributed by atoms with Crippen LogP contribution < -0.4 is 0 Å². The first-order valence-corrected chi connectivity index (χ1v) is 6.47. The number of aromatic nitrogens is 4. The van der Waals surface area contributed by atoms with Crippen LogP contribution in [-0.4, -0.2) is 48.5 Å². The molecule has 0 unspecified atom stereocenters. The summed E-state index contributed by atoms with van der Waals surface area (Å²) in [7, 11) is 3.16. The molecule has 2 aromatic heterocycles. The number of carboxylic acid groups (broad SMARTS) is 1. The van der Waals surface area contributed by atoms with Crippen LogP contribution in [-0.2, 0) is 20.1 Å². The zero-order valence-electron chi connectivity index (χ0n) is 12.1. The van der Waals surface area contributed by atoms with Crippen molar-refractivity contribution in [3.63, 3.8) is 0 Å². The number of carboxylic acids is 1. The van der Waals surface area contributed by atoms with Crippen LogP contribution in [0.1, 0.15) is 33.5 Å². The van der Waals surface area contributed by atoms with Crippen LogP contribution in [0.15, 0.2) is 18.5 Å². The van der Waals surface area contributed by atoms with Gasteiger partial charge in [0.15, 0.2) is 0 Å². The van der Waals surface area contributed by atoms with Crippen LogP contribution in [0.5, 0.6) is 0 Å². The highest BCUT2D eigenvalue weighted by molar-refractivity contribution is 6.03. The Labute approximate surface area is 121 Å². The zero-order valence-corrected chi connectivity index (χ0v) is 12.1. The lowest BCUT2D eigenvalue weighted by Crippen LogP contribution is -2.30. The molecule has 0 aliphatic heterocycles. The standard InChI is InChI=1S/C13H17N5O3/c1-4-18-9(5-6-14-18)8-16(2)12(19)11-10(13(20)21)7-15-17(11)3/h5-7H,4,8H2,1-3H3,(H,20,21). The third-order valence-corrected chi connectivity index (χ3v) is 3.22. The largest absolute Gasteiger partial charge is 0.478 e. The van der Waals surface area contributed by atoms with Crippen LogP contribution >= 0.6 is 0 Å². The minimum Gasteiger partial charge on any atom is -0.478 e. The molecule has 21 heavy (non-hydrogen) atoms. The van der Waals surface area contributed by atoms with E-state index in [9.17, 15) is 9.59 Å². The summed E-state index contributed by atoms with van der Waals surface area (Å²) in [5, 5.41) is 17.1. The summed E-state index contributed by atoms with van der Waals surface area (Å²) in [6, 6.07) is 1.83. The number of rotatable bonds is 5. The van der Waals surface area contributed by atoms with E-state index >= 15 is 0 Å². The maximum absolute atomic E-state index is 12.4. The molecule has 0 atom stereocenters. The van der Waals surface area contributed by atoms with Gasteiger partial charge in [0.25, 0.3) is 5.91 Å². The number of aromatic carboxylic acids is 1. The van der Waals surface area contributed by atoms with Gasteiger partial charge in [-0.05, 0) is 13.0 Å². The van der Waals surface area contributed by atoms with Gasteiger partial charge >= 0.3 is 5.97 Å². The SMILES string of the molecule is CCn1nccc1CN(C)C(=O)c1c(C(=O)O)cnn1C. The van der Waals surface area contributed by atoms with Gasteiger partial charge in [-0.15, -0.1) is 0 Å². The molecule has 1 N–H and O–H groups in total. The maximum Gasteiger partial charge on any atom is 0.339 e. The van der Waals surface area contributed by atoms with Crippen molar-refractivity contribution in [2.75, 3.05) is 7.05 Å². The average molecular weight is 291 g/mol. The Morgan fingerprint density at radius 2 is 2.10 bits per heavy atom. The third kappa shape index (κ3) is 2.78. The fourth-order valence-electron chi connectivity index (χ4n) is 2.12. The van der Waals surface area contributed by atoms with Crippen molar-refractivity contribution in [2.24, 2.45) is 7.05 Å². The van der Waals surface area contributed by atoms with Crippen LogP contribution in [0, 0.1) is 0 Å². The lowest BCUT2D eigenvalue weighted by Gasteiger charge is -2.18. The second kappa shape index (κ2) is 5.78. The molecule has 0 aliphatic carbocycles. The Morgan fingerprint density at radius 1 is 1.38 bits per heavy atom. The lowest BCUT2D eigenvalue weighted by molar-refractivity contribution is 0.0677. The predicted molar refractivity (Wildman–Crippen MR) is 73.9 cm³/mol. The highest BCUT2D eigenvalue weighted by Crippen LogP contribution is 2.12. The zero-order chi connectivity index (χ0) is 15.6. The summed E-state index contributed by atoms with van der Waals surface area (Å²) in [5.74, 6) is -1.56. The van der Waals surface area contributed by atoms with Crippen molar-refractivity contribution < 1.29 is 14.7 Å². The molecular weight excluding hydrogens is 274 g/mol. The molecule has 8 nitrogen and oxygen atoms in total. The summed E-state index contributed by atoms with van der Waals surface area (Å²) < 4.78 is 3.06. The Bertz CT molecular complexity index is 673. The minimum absolute atomic E-state index is 0.0626. The van der Waals surface area contributed by atoms with Crippen molar-refractivity contribution in [2.45, 2.75) is 20.0 Å². The Hall–Kier alpha value is -2.64. The van der Waals surface area contributed by atoms with Crippen LogP contribution in [0.2, 0.25) is 0 Å². The summed E-state index contributed by atoms with van der Waals surface area (Å²) in [6.45, 7) is 3.01. The quantitative estimate of drug-likeness (QED) is 0.871. The predicted octanol–water partition coefficient (Wildman–Crippen LogP) is 0.607. The molecule has 0 aromatic carbocycles. The summed E-state index contributed by atoms with van der Waals surface area (Å²) in [4.78, 5) is 25.0. The van der Waals surface area contributed by atoms with Crippen LogP contribution in [0.4, 0.5) is 0 Å². The maximum atomic E-state index is 12.4. The van der Waals surface area contributed by atoms with E-state index in [0.29, 0.717) is 13.1 Å². The highest BCUT2D eigenvalue weighted by Gasteiger charge is 2.24. The fourth-order valence-corrected chi connectivity index (χ4v) is 2.12. The Kier molecular flexibility index (Phi) is 4.06. The molecule has 0 aliphatic rings. The molecule has 0 bridgehead atoms. The molecular formula is C13H17N5O3. The first-order valence-electron chi connectivity index (χ1n) is 6.47. The lowest BCUT2D eigenvalue weighted by atomic mass is 10.2.